The maximum Gasteiger partial charge on any atom is 0.331 e. The Balaban J connectivity index is 1.52. The summed E-state index contributed by atoms with van der Waals surface area (Å²) in [6, 6.07) is 11.9. The zero-order valence-electron chi connectivity index (χ0n) is 16.3. The summed E-state index contributed by atoms with van der Waals surface area (Å²) in [4.78, 5) is 20.7. The largest absolute Gasteiger partial charge is 0.479 e. The number of likely N-dealkylation sites (tertiary alicyclic amines) is 1. The Labute approximate surface area is 175 Å². The van der Waals surface area contributed by atoms with E-state index in [4.69, 9.17) is 11.6 Å². The minimum atomic E-state index is -1.00. The summed E-state index contributed by atoms with van der Waals surface area (Å²) >= 11 is 6.36. The maximum atomic E-state index is 11.7. The summed E-state index contributed by atoms with van der Waals surface area (Å²) in [6.07, 6.45) is 4.58. The van der Waals surface area contributed by atoms with Crippen LogP contribution in [0, 0.1) is 0 Å². The van der Waals surface area contributed by atoms with E-state index in [0.717, 1.165) is 36.6 Å². The van der Waals surface area contributed by atoms with Gasteiger partial charge in [0.15, 0.2) is 11.4 Å². The number of carbonyl (C=O) groups is 1. The molecule has 1 aromatic carbocycles. The van der Waals surface area contributed by atoms with Gasteiger partial charge in [-0.05, 0) is 49.9 Å². The van der Waals surface area contributed by atoms with Crippen LogP contribution in [0.3, 0.4) is 0 Å². The highest BCUT2D eigenvalue weighted by atomic mass is 35.5. The van der Waals surface area contributed by atoms with Gasteiger partial charge in [0.1, 0.15) is 5.69 Å². The number of aromatic nitrogens is 2. The predicted molar refractivity (Wildman–Crippen MR) is 113 cm³/mol. The highest BCUT2D eigenvalue weighted by molar-refractivity contribution is 6.33. The Bertz CT molecular complexity index is 908. The van der Waals surface area contributed by atoms with Crippen LogP contribution in [0.2, 0.25) is 5.02 Å². The molecule has 1 aliphatic heterocycles. The van der Waals surface area contributed by atoms with Crippen molar-refractivity contribution < 1.29 is 9.90 Å². The van der Waals surface area contributed by atoms with Crippen molar-refractivity contribution in [1.29, 1.82) is 0 Å². The average molecular weight is 414 g/mol. The Morgan fingerprint density at radius 2 is 1.97 bits per heavy atom. The van der Waals surface area contributed by atoms with E-state index in [9.17, 15) is 9.90 Å². The Morgan fingerprint density at radius 1 is 1.24 bits per heavy atom. The van der Waals surface area contributed by atoms with Gasteiger partial charge in [0, 0.05) is 32.4 Å². The molecule has 1 saturated heterocycles. The van der Waals surface area contributed by atoms with Crippen LogP contribution in [0.4, 0.5) is 5.69 Å². The molecular weight excluding hydrogens is 390 g/mol. The van der Waals surface area contributed by atoms with E-state index in [1.165, 1.54) is 0 Å². The zero-order chi connectivity index (χ0) is 20.4. The average Bonchev–Trinajstić information content (AvgIpc) is 3.54. The SMILES string of the molecule is CN(c1ccccc1Cl)C1CCN(/C(=N/C2(C(=O)O)CC2)c2cccnn2)CC1. The third kappa shape index (κ3) is 4.05. The van der Waals surface area contributed by atoms with Gasteiger partial charge in [-0.3, -0.25) is 0 Å². The number of rotatable bonds is 5. The van der Waals surface area contributed by atoms with Crippen molar-refractivity contribution in [3.8, 4) is 0 Å². The highest BCUT2D eigenvalue weighted by Gasteiger charge is 2.51. The number of aliphatic imine (C=N–C) groups is 1. The van der Waals surface area contributed by atoms with E-state index in [2.05, 4.69) is 32.0 Å². The van der Waals surface area contributed by atoms with Crippen LogP contribution in [-0.2, 0) is 4.79 Å². The fourth-order valence-corrected chi connectivity index (χ4v) is 4.07. The van der Waals surface area contributed by atoms with E-state index < -0.39 is 11.5 Å². The smallest absolute Gasteiger partial charge is 0.331 e. The molecule has 1 saturated carbocycles. The lowest BCUT2D eigenvalue weighted by atomic mass is 10.0. The normalized spacial score (nSPS) is 19.1. The van der Waals surface area contributed by atoms with Gasteiger partial charge in [0.25, 0.3) is 0 Å². The quantitative estimate of drug-likeness (QED) is 0.599. The number of piperidine rings is 1. The molecule has 2 aromatic rings. The molecule has 1 aromatic heterocycles. The molecule has 7 nitrogen and oxygen atoms in total. The number of anilines is 1. The monoisotopic (exact) mass is 413 g/mol. The summed E-state index contributed by atoms with van der Waals surface area (Å²) in [6.45, 7) is 1.54. The van der Waals surface area contributed by atoms with E-state index in [1.54, 1.807) is 12.3 Å². The molecule has 0 unspecified atom stereocenters. The first-order valence-corrected chi connectivity index (χ1v) is 10.2. The molecule has 0 amide bonds. The van der Waals surface area contributed by atoms with E-state index >= 15 is 0 Å². The van der Waals surface area contributed by atoms with Crippen molar-refractivity contribution in [2.75, 3.05) is 25.0 Å². The van der Waals surface area contributed by atoms with Gasteiger partial charge < -0.3 is 14.9 Å². The molecule has 8 heteroatoms. The van der Waals surface area contributed by atoms with Crippen molar-refractivity contribution in [2.45, 2.75) is 37.3 Å². The Morgan fingerprint density at radius 3 is 2.55 bits per heavy atom. The molecule has 2 fully saturated rings. The lowest BCUT2D eigenvalue weighted by Crippen LogP contribution is -2.46. The van der Waals surface area contributed by atoms with E-state index in [0.29, 0.717) is 30.4 Å². The number of para-hydroxylation sites is 1. The summed E-state index contributed by atoms with van der Waals surface area (Å²) < 4.78 is 0. The number of hydrogen-bond donors (Lipinski definition) is 1. The molecule has 4 rings (SSSR count). The number of carboxylic acids is 1. The number of amidine groups is 1. The van der Waals surface area contributed by atoms with Crippen LogP contribution in [-0.4, -0.2) is 63.7 Å². The Hall–Kier alpha value is -2.67. The first kappa shape index (κ1) is 19.6. The first-order valence-electron chi connectivity index (χ1n) is 9.84. The third-order valence-electron chi connectivity index (χ3n) is 5.79. The van der Waals surface area contributed by atoms with Crippen molar-refractivity contribution in [2.24, 2.45) is 4.99 Å². The maximum absolute atomic E-state index is 11.7. The lowest BCUT2D eigenvalue weighted by Gasteiger charge is -2.39. The van der Waals surface area contributed by atoms with E-state index in [1.807, 2.05) is 30.3 Å². The van der Waals surface area contributed by atoms with Gasteiger partial charge in [-0.15, -0.1) is 5.10 Å². The van der Waals surface area contributed by atoms with Crippen molar-refractivity contribution >= 4 is 29.1 Å². The number of nitrogens with zero attached hydrogens (tertiary/aromatic N) is 5. The van der Waals surface area contributed by atoms with Crippen LogP contribution in [0.25, 0.3) is 0 Å². The number of carboxylic acid groups (broad SMARTS) is 1. The first-order chi connectivity index (χ1) is 14.0. The minimum Gasteiger partial charge on any atom is -0.479 e. The zero-order valence-corrected chi connectivity index (χ0v) is 17.1. The molecule has 1 aliphatic carbocycles. The van der Waals surface area contributed by atoms with Gasteiger partial charge in [-0.1, -0.05) is 23.7 Å². The molecule has 0 bridgehead atoms. The number of aliphatic carboxylic acids is 1. The summed E-state index contributed by atoms with van der Waals surface area (Å²) in [5.74, 6) is -0.232. The minimum absolute atomic E-state index is 0.351. The van der Waals surface area contributed by atoms with Crippen LogP contribution < -0.4 is 4.90 Å². The number of halogens is 1. The summed E-state index contributed by atoms with van der Waals surface area (Å²) in [5, 5.41) is 18.5. The molecule has 29 heavy (non-hydrogen) atoms. The second-order valence-electron chi connectivity index (χ2n) is 7.66. The third-order valence-corrected chi connectivity index (χ3v) is 6.11. The number of benzene rings is 1. The molecular formula is C21H24ClN5O2. The van der Waals surface area contributed by atoms with Crippen molar-refractivity contribution in [3.05, 3.63) is 53.3 Å². The van der Waals surface area contributed by atoms with Gasteiger partial charge in [0.05, 0.1) is 10.7 Å². The topological polar surface area (TPSA) is 81.9 Å². The molecule has 0 spiro atoms. The Kier molecular flexibility index (Phi) is 5.41. The van der Waals surface area contributed by atoms with Crippen molar-refractivity contribution in [3.63, 3.8) is 0 Å². The van der Waals surface area contributed by atoms with Crippen LogP contribution >= 0.6 is 11.6 Å². The second kappa shape index (κ2) is 7.99. The molecule has 1 N–H and O–H groups in total. The fourth-order valence-electron chi connectivity index (χ4n) is 3.80. The van der Waals surface area contributed by atoms with Crippen LogP contribution in [0.5, 0.6) is 0 Å². The summed E-state index contributed by atoms with van der Waals surface area (Å²) in [7, 11) is 2.07. The summed E-state index contributed by atoms with van der Waals surface area (Å²) in [5.41, 5.74) is 0.647. The molecule has 2 heterocycles. The standard InChI is InChI=1S/C21H24ClN5O2/c1-26(18-7-3-2-5-16(18)22)15-8-13-27(14-9-15)19(17-6-4-12-23-25-17)24-21(10-11-21)20(28)29/h2-7,12,15H,8-11,13-14H2,1H3,(H,28,29)/b24-19+. The molecule has 2 aliphatic rings. The molecule has 0 atom stereocenters. The predicted octanol–water partition coefficient (Wildman–Crippen LogP) is 3.09. The fraction of sp³-hybridized carbons (Fsp3) is 0.429. The van der Waals surface area contributed by atoms with Crippen LogP contribution in [0.1, 0.15) is 31.4 Å². The van der Waals surface area contributed by atoms with Gasteiger partial charge >= 0.3 is 5.97 Å². The van der Waals surface area contributed by atoms with Gasteiger partial charge in [-0.2, -0.15) is 5.10 Å². The highest BCUT2D eigenvalue weighted by Crippen LogP contribution is 2.41. The van der Waals surface area contributed by atoms with Gasteiger partial charge in [0.2, 0.25) is 0 Å². The van der Waals surface area contributed by atoms with E-state index in [-0.39, 0.29) is 0 Å². The van der Waals surface area contributed by atoms with Crippen molar-refractivity contribution in [1.82, 2.24) is 15.1 Å². The van der Waals surface area contributed by atoms with Gasteiger partial charge in [-0.25, -0.2) is 9.79 Å². The molecule has 0 radical (unpaired) electrons. The number of hydrogen-bond acceptors (Lipinski definition) is 5. The van der Waals surface area contributed by atoms with Crippen LogP contribution in [0.15, 0.2) is 47.6 Å². The lowest BCUT2D eigenvalue weighted by molar-refractivity contribution is -0.139. The molecule has 152 valence electrons. The second-order valence-corrected chi connectivity index (χ2v) is 8.07.